The quantitative estimate of drug-likeness (QED) is 0.881. The number of benzene rings is 1. The van der Waals surface area contributed by atoms with Gasteiger partial charge in [0, 0.05) is 22.6 Å². The van der Waals surface area contributed by atoms with Gasteiger partial charge >= 0.3 is 0 Å². The Morgan fingerprint density at radius 3 is 2.50 bits per heavy atom. The minimum Gasteiger partial charge on any atom is -0.392 e. The molecule has 2 rings (SSSR count). The number of rotatable bonds is 3. The van der Waals surface area contributed by atoms with E-state index >= 15 is 0 Å². The number of aliphatic hydroxyl groups excluding tert-OH is 1. The van der Waals surface area contributed by atoms with Crippen molar-refractivity contribution >= 4 is 11.8 Å². The van der Waals surface area contributed by atoms with Gasteiger partial charge in [-0.15, -0.1) is 0 Å². The first-order chi connectivity index (χ1) is 8.48. The molecule has 0 amide bonds. The minimum absolute atomic E-state index is 0.126. The van der Waals surface area contributed by atoms with E-state index in [0.717, 1.165) is 12.1 Å². The Balaban J connectivity index is 1.95. The molecule has 0 aromatic heterocycles. The van der Waals surface area contributed by atoms with E-state index in [1.54, 1.807) is 0 Å². The van der Waals surface area contributed by atoms with Crippen LogP contribution in [0.3, 0.4) is 0 Å². The number of aliphatic hydroxyl groups is 1. The molecular weight excluding hydrogens is 242 g/mol. The van der Waals surface area contributed by atoms with E-state index in [0.29, 0.717) is 16.0 Å². The monoisotopic (exact) mass is 265 g/mol. The summed E-state index contributed by atoms with van der Waals surface area (Å²) < 4.78 is 0.335. The summed E-state index contributed by atoms with van der Waals surface area (Å²) in [5, 5.41) is 13.3. The van der Waals surface area contributed by atoms with Gasteiger partial charge in [0.1, 0.15) is 0 Å². The molecule has 3 heteroatoms. The van der Waals surface area contributed by atoms with E-state index in [4.69, 9.17) is 5.11 Å². The van der Waals surface area contributed by atoms with Gasteiger partial charge in [-0.3, -0.25) is 0 Å². The van der Waals surface area contributed by atoms with Crippen molar-refractivity contribution < 1.29 is 5.11 Å². The second kappa shape index (κ2) is 5.64. The van der Waals surface area contributed by atoms with Crippen LogP contribution in [0.2, 0.25) is 0 Å². The van der Waals surface area contributed by atoms with Gasteiger partial charge in [-0.1, -0.05) is 45.0 Å². The highest BCUT2D eigenvalue weighted by molar-refractivity contribution is 8.01. The van der Waals surface area contributed by atoms with Crippen molar-refractivity contribution in [1.82, 2.24) is 5.32 Å². The van der Waals surface area contributed by atoms with E-state index < -0.39 is 0 Å². The number of hydrogen-bond acceptors (Lipinski definition) is 3. The number of hydrogen-bond donors (Lipinski definition) is 2. The van der Waals surface area contributed by atoms with Crippen molar-refractivity contribution in [3.05, 3.63) is 35.4 Å². The van der Waals surface area contributed by atoms with Gasteiger partial charge in [-0.2, -0.15) is 11.8 Å². The highest BCUT2D eigenvalue weighted by Crippen LogP contribution is 2.36. The van der Waals surface area contributed by atoms with Gasteiger partial charge in [0.25, 0.3) is 0 Å². The smallest absolute Gasteiger partial charge is 0.0681 e. The van der Waals surface area contributed by atoms with Gasteiger partial charge < -0.3 is 10.4 Å². The maximum absolute atomic E-state index is 9.04. The Morgan fingerprint density at radius 1 is 1.28 bits per heavy atom. The van der Waals surface area contributed by atoms with Crippen molar-refractivity contribution in [3.63, 3.8) is 0 Å². The third-order valence-electron chi connectivity index (χ3n) is 3.18. The summed E-state index contributed by atoms with van der Waals surface area (Å²) in [4.78, 5) is 0. The summed E-state index contributed by atoms with van der Waals surface area (Å²) in [5.41, 5.74) is 2.32. The average Bonchev–Trinajstić information content (AvgIpc) is 2.75. The Hall–Kier alpha value is -0.510. The molecule has 2 nitrogen and oxygen atoms in total. The van der Waals surface area contributed by atoms with Crippen LogP contribution < -0.4 is 5.32 Å². The molecule has 1 heterocycles. The predicted molar refractivity (Wildman–Crippen MR) is 78.9 cm³/mol. The molecule has 0 radical (unpaired) electrons. The number of thioether (sulfide) groups is 1. The molecule has 2 atom stereocenters. The Labute approximate surface area is 114 Å². The van der Waals surface area contributed by atoms with Crippen molar-refractivity contribution in [1.29, 1.82) is 0 Å². The maximum atomic E-state index is 9.04. The molecule has 2 N–H and O–H groups in total. The predicted octanol–water partition coefficient (Wildman–Crippen LogP) is 3.11. The lowest BCUT2D eigenvalue weighted by Crippen LogP contribution is -2.18. The van der Waals surface area contributed by atoms with Crippen LogP contribution in [0.15, 0.2) is 24.3 Å². The standard InChI is InChI=1S/C15H23NOS/c1-15(2,3)18-13-8-14(16-9-13)12-6-4-11(10-17)5-7-12/h4-7,13-14,16-17H,8-10H2,1-3H3. The normalized spacial score (nSPS) is 24.4. The summed E-state index contributed by atoms with van der Waals surface area (Å²) in [7, 11) is 0. The van der Waals surface area contributed by atoms with Crippen molar-refractivity contribution in [2.24, 2.45) is 0 Å². The largest absolute Gasteiger partial charge is 0.392 e. The zero-order valence-corrected chi connectivity index (χ0v) is 12.3. The second-order valence-corrected chi connectivity index (χ2v) is 8.08. The molecule has 1 fully saturated rings. The topological polar surface area (TPSA) is 32.3 Å². The van der Waals surface area contributed by atoms with E-state index in [1.807, 2.05) is 12.1 Å². The lowest BCUT2D eigenvalue weighted by molar-refractivity contribution is 0.282. The third kappa shape index (κ3) is 3.74. The fourth-order valence-electron chi connectivity index (χ4n) is 2.40. The van der Waals surface area contributed by atoms with Crippen LogP contribution in [-0.2, 0) is 6.61 Å². The first-order valence-corrected chi connectivity index (χ1v) is 7.47. The summed E-state index contributed by atoms with van der Waals surface area (Å²) in [5.74, 6) is 0. The van der Waals surface area contributed by atoms with Gasteiger partial charge in [0.15, 0.2) is 0 Å². The molecular formula is C15H23NOS. The molecule has 1 aromatic rings. The zero-order chi connectivity index (χ0) is 13.2. The van der Waals surface area contributed by atoms with Crippen molar-refractivity contribution in [3.8, 4) is 0 Å². The SMILES string of the molecule is CC(C)(C)SC1CNC(c2ccc(CO)cc2)C1. The highest BCUT2D eigenvalue weighted by atomic mass is 32.2. The van der Waals surface area contributed by atoms with Crippen LogP contribution in [0.25, 0.3) is 0 Å². The molecule has 0 aliphatic carbocycles. The van der Waals surface area contributed by atoms with Crippen LogP contribution in [0.4, 0.5) is 0 Å². The first kappa shape index (κ1) is 13.9. The summed E-state index contributed by atoms with van der Waals surface area (Å²) in [6.45, 7) is 8.05. The van der Waals surface area contributed by atoms with Crippen LogP contribution >= 0.6 is 11.8 Å². The van der Waals surface area contributed by atoms with Crippen molar-refractivity contribution in [2.45, 2.75) is 49.8 Å². The Kier molecular flexibility index (Phi) is 4.36. The molecule has 1 aliphatic rings. The van der Waals surface area contributed by atoms with Gasteiger partial charge in [-0.05, 0) is 17.5 Å². The molecule has 18 heavy (non-hydrogen) atoms. The lowest BCUT2D eigenvalue weighted by atomic mass is 10.0. The number of nitrogens with one attached hydrogen (secondary N) is 1. The van der Waals surface area contributed by atoms with E-state index in [2.05, 4.69) is 50.0 Å². The van der Waals surface area contributed by atoms with E-state index in [1.165, 1.54) is 12.0 Å². The average molecular weight is 265 g/mol. The van der Waals surface area contributed by atoms with E-state index in [-0.39, 0.29) is 6.61 Å². The van der Waals surface area contributed by atoms with Crippen LogP contribution in [-0.4, -0.2) is 21.6 Å². The molecule has 100 valence electrons. The lowest BCUT2D eigenvalue weighted by Gasteiger charge is -2.22. The fourth-order valence-corrected chi connectivity index (χ4v) is 3.87. The van der Waals surface area contributed by atoms with Crippen molar-refractivity contribution in [2.75, 3.05) is 6.54 Å². The molecule has 0 spiro atoms. The molecule has 0 bridgehead atoms. The van der Waals surface area contributed by atoms with Gasteiger partial charge in [0.05, 0.1) is 6.61 Å². The summed E-state index contributed by atoms with van der Waals surface area (Å²) >= 11 is 2.07. The van der Waals surface area contributed by atoms with Gasteiger partial charge in [0.2, 0.25) is 0 Å². The third-order valence-corrected chi connectivity index (χ3v) is 4.57. The maximum Gasteiger partial charge on any atom is 0.0681 e. The molecule has 2 unspecified atom stereocenters. The molecule has 1 aromatic carbocycles. The van der Waals surface area contributed by atoms with Gasteiger partial charge in [-0.25, -0.2) is 0 Å². The highest BCUT2D eigenvalue weighted by Gasteiger charge is 2.28. The Bertz CT molecular complexity index is 382. The van der Waals surface area contributed by atoms with Crippen LogP contribution in [0.5, 0.6) is 0 Å². The fraction of sp³-hybridized carbons (Fsp3) is 0.600. The summed E-state index contributed by atoms with van der Waals surface area (Å²) in [6.07, 6.45) is 1.19. The second-order valence-electron chi connectivity index (χ2n) is 5.95. The zero-order valence-electron chi connectivity index (χ0n) is 11.4. The molecule has 1 aliphatic heterocycles. The minimum atomic E-state index is 0.126. The van der Waals surface area contributed by atoms with Crippen LogP contribution in [0.1, 0.15) is 44.4 Å². The summed E-state index contributed by atoms with van der Waals surface area (Å²) in [6, 6.07) is 8.76. The molecule has 1 saturated heterocycles. The van der Waals surface area contributed by atoms with Crippen LogP contribution in [0, 0.1) is 0 Å². The molecule has 0 saturated carbocycles. The first-order valence-electron chi connectivity index (χ1n) is 6.59. The Morgan fingerprint density at radius 2 is 1.94 bits per heavy atom. The van der Waals surface area contributed by atoms with E-state index in [9.17, 15) is 0 Å².